The molecule has 1 heterocycles. The molecule has 4 heteroatoms. The van der Waals surface area contributed by atoms with Crippen molar-refractivity contribution in [1.82, 2.24) is 5.16 Å². The van der Waals surface area contributed by atoms with Crippen LogP contribution < -0.4 is 0 Å². The van der Waals surface area contributed by atoms with Crippen LogP contribution in [0.5, 0.6) is 0 Å². The third-order valence-corrected chi connectivity index (χ3v) is 1.63. The molecule has 12 heavy (non-hydrogen) atoms. The van der Waals surface area contributed by atoms with Gasteiger partial charge in [0.05, 0.1) is 11.6 Å². The van der Waals surface area contributed by atoms with E-state index < -0.39 is 5.82 Å². The van der Waals surface area contributed by atoms with Gasteiger partial charge in [0, 0.05) is 5.56 Å². The molecule has 1 aromatic carbocycles. The Morgan fingerprint density at radius 2 is 2.33 bits per heavy atom. The van der Waals surface area contributed by atoms with Gasteiger partial charge in [-0.2, -0.15) is 0 Å². The first kappa shape index (κ1) is 6.97. The average Bonchev–Trinajstić information content (AvgIpc) is 2.54. The molecule has 0 aliphatic carbocycles. The summed E-state index contributed by atoms with van der Waals surface area (Å²) in [5.74, 6) is -0.506. The lowest BCUT2D eigenvalue weighted by atomic mass is 10.1. The van der Waals surface area contributed by atoms with Crippen LogP contribution in [0.4, 0.5) is 4.39 Å². The average molecular weight is 165 g/mol. The highest BCUT2D eigenvalue weighted by atomic mass is 19.1. The Morgan fingerprint density at radius 3 is 3.08 bits per heavy atom. The molecule has 0 atom stereocenters. The molecule has 0 bridgehead atoms. The van der Waals surface area contributed by atoms with E-state index in [0.29, 0.717) is 17.2 Å². The number of aldehydes is 1. The lowest BCUT2D eigenvalue weighted by Gasteiger charge is -1.91. The molecule has 0 aliphatic rings. The van der Waals surface area contributed by atoms with Gasteiger partial charge in [-0.3, -0.25) is 4.79 Å². The maximum Gasteiger partial charge on any atom is 0.203 e. The Morgan fingerprint density at radius 1 is 1.50 bits per heavy atom. The third-order valence-electron chi connectivity index (χ3n) is 1.63. The van der Waals surface area contributed by atoms with Crippen LogP contribution in [0.25, 0.3) is 11.0 Å². The molecule has 3 nitrogen and oxygen atoms in total. The molecular formula is C8H4FNO2. The fourth-order valence-corrected chi connectivity index (χ4v) is 1.05. The second kappa shape index (κ2) is 2.41. The summed E-state index contributed by atoms with van der Waals surface area (Å²) in [7, 11) is 0. The van der Waals surface area contributed by atoms with Gasteiger partial charge < -0.3 is 4.52 Å². The van der Waals surface area contributed by atoms with Crippen molar-refractivity contribution >= 4 is 17.3 Å². The largest absolute Gasteiger partial charge is 0.353 e. The number of hydrogen-bond donors (Lipinski definition) is 0. The smallest absolute Gasteiger partial charge is 0.203 e. The highest BCUT2D eigenvalue weighted by molar-refractivity contribution is 5.95. The van der Waals surface area contributed by atoms with E-state index in [0.717, 1.165) is 0 Å². The Labute approximate surface area is 66.8 Å². The number of hydrogen-bond acceptors (Lipinski definition) is 3. The van der Waals surface area contributed by atoms with Gasteiger partial charge in [0.25, 0.3) is 0 Å². The molecule has 60 valence electrons. The van der Waals surface area contributed by atoms with Gasteiger partial charge in [-0.1, -0.05) is 5.16 Å². The van der Waals surface area contributed by atoms with E-state index in [4.69, 9.17) is 0 Å². The maximum atomic E-state index is 12.9. The SMILES string of the molecule is O=Cc1ccc(F)c2oncc12. The molecular weight excluding hydrogens is 161 g/mol. The van der Waals surface area contributed by atoms with Crippen molar-refractivity contribution in [3.05, 3.63) is 29.7 Å². The molecule has 0 radical (unpaired) electrons. The minimum atomic E-state index is -0.506. The van der Waals surface area contributed by atoms with Crippen molar-refractivity contribution in [2.45, 2.75) is 0 Å². The molecule has 0 fully saturated rings. The van der Waals surface area contributed by atoms with Gasteiger partial charge in [0.15, 0.2) is 12.1 Å². The molecule has 0 amide bonds. The standard InChI is InChI=1S/C8H4FNO2/c9-7-2-1-5(4-11)6-3-10-12-8(6)7/h1-4H. The summed E-state index contributed by atoms with van der Waals surface area (Å²) in [6.45, 7) is 0. The molecule has 1 aromatic heterocycles. The van der Waals surface area contributed by atoms with Crippen molar-refractivity contribution in [2.75, 3.05) is 0 Å². The van der Waals surface area contributed by atoms with E-state index in [1.807, 2.05) is 0 Å². The Hall–Kier alpha value is -1.71. The van der Waals surface area contributed by atoms with Gasteiger partial charge >= 0.3 is 0 Å². The summed E-state index contributed by atoms with van der Waals surface area (Å²) >= 11 is 0. The van der Waals surface area contributed by atoms with Crippen LogP contribution in [-0.4, -0.2) is 11.4 Å². The van der Waals surface area contributed by atoms with Crippen LogP contribution in [0.15, 0.2) is 22.9 Å². The van der Waals surface area contributed by atoms with Crippen LogP contribution in [0.3, 0.4) is 0 Å². The van der Waals surface area contributed by atoms with E-state index in [1.165, 1.54) is 18.3 Å². The van der Waals surface area contributed by atoms with E-state index in [1.54, 1.807) is 0 Å². The van der Waals surface area contributed by atoms with E-state index in [9.17, 15) is 9.18 Å². The predicted molar refractivity (Wildman–Crippen MR) is 39.4 cm³/mol. The van der Waals surface area contributed by atoms with Crippen LogP contribution in [0, 0.1) is 5.82 Å². The number of carbonyl (C=O) groups excluding carboxylic acids is 1. The van der Waals surface area contributed by atoms with E-state index in [-0.39, 0.29) is 5.58 Å². The lowest BCUT2D eigenvalue weighted by molar-refractivity contribution is 0.112. The molecule has 0 aliphatic heterocycles. The summed E-state index contributed by atoms with van der Waals surface area (Å²) in [5, 5.41) is 3.80. The number of nitrogens with zero attached hydrogens (tertiary/aromatic N) is 1. The third kappa shape index (κ3) is 0.812. The minimum Gasteiger partial charge on any atom is -0.353 e. The van der Waals surface area contributed by atoms with Crippen molar-refractivity contribution in [1.29, 1.82) is 0 Å². The van der Waals surface area contributed by atoms with Crippen molar-refractivity contribution < 1.29 is 13.7 Å². The highest BCUT2D eigenvalue weighted by Crippen LogP contribution is 2.19. The lowest BCUT2D eigenvalue weighted by Crippen LogP contribution is -1.82. The summed E-state index contributed by atoms with van der Waals surface area (Å²) in [5.41, 5.74) is 0.409. The minimum absolute atomic E-state index is 0.0274. The van der Waals surface area contributed by atoms with Crippen LogP contribution in [0.1, 0.15) is 10.4 Å². The molecule has 0 saturated heterocycles. The van der Waals surface area contributed by atoms with Gasteiger partial charge in [0.1, 0.15) is 0 Å². The highest BCUT2D eigenvalue weighted by Gasteiger charge is 2.08. The number of rotatable bonds is 1. The van der Waals surface area contributed by atoms with Crippen LogP contribution in [0.2, 0.25) is 0 Å². The zero-order valence-corrected chi connectivity index (χ0v) is 5.95. The fourth-order valence-electron chi connectivity index (χ4n) is 1.05. The first-order chi connectivity index (χ1) is 5.83. The van der Waals surface area contributed by atoms with Crippen molar-refractivity contribution in [3.63, 3.8) is 0 Å². The summed E-state index contributed by atoms with van der Waals surface area (Å²) in [4.78, 5) is 10.4. The predicted octanol–water partition coefficient (Wildman–Crippen LogP) is 1.78. The Bertz CT molecular complexity index is 436. The normalized spacial score (nSPS) is 10.4. The van der Waals surface area contributed by atoms with E-state index in [2.05, 4.69) is 9.68 Å². The number of aromatic nitrogens is 1. The molecule has 2 aromatic rings. The second-order valence-corrected chi connectivity index (χ2v) is 2.32. The Kier molecular flexibility index (Phi) is 1.40. The monoisotopic (exact) mass is 165 g/mol. The number of halogens is 1. The van der Waals surface area contributed by atoms with Crippen molar-refractivity contribution in [2.24, 2.45) is 0 Å². The molecule has 2 rings (SSSR count). The molecule has 0 N–H and O–H groups in total. The molecule has 0 saturated carbocycles. The number of carbonyl (C=O) groups is 1. The quantitative estimate of drug-likeness (QED) is 0.605. The zero-order valence-electron chi connectivity index (χ0n) is 5.95. The number of benzene rings is 1. The van der Waals surface area contributed by atoms with Gasteiger partial charge in [0.2, 0.25) is 5.58 Å². The van der Waals surface area contributed by atoms with Crippen LogP contribution >= 0.6 is 0 Å². The summed E-state index contributed by atoms with van der Waals surface area (Å²) in [6.07, 6.45) is 1.96. The van der Waals surface area contributed by atoms with Crippen molar-refractivity contribution in [3.8, 4) is 0 Å². The Balaban J connectivity index is 2.91. The summed E-state index contributed by atoms with van der Waals surface area (Å²) in [6, 6.07) is 2.57. The molecule has 0 spiro atoms. The van der Waals surface area contributed by atoms with E-state index >= 15 is 0 Å². The topological polar surface area (TPSA) is 43.1 Å². The first-order valence-corrected chi connectivity index (χ1v) is 3.31. The second-order valence-electron chi connectivity index (χ2n) is 2.32. The van der Waals surface area contributed by atoms with Crippen LogP contribution in [-0.2, 0) is 0 Å². The number of fused-ring (bicyclic) bond motifs is 1. The summed E-state index contributed by atoms with van der Waals surface area (Å²) < 4.78 is 17.5. The fraction of sp³-hybridized carbons (Fsp3) is 0. The van der Waals surface area contributed by atoms with Gasteiger partial charge in [-0.05, 0) is 12.1 Å². The first-order valence-electron chi connectivity index (χ1n) is 3.31. The van der Waals surface area contributed by atoms with Gasteiger partial charge in [-0.25, -0.2) is 4.39 Å². The zero-order chi connectivity index (χ0) is 8.55. The molecule has 0 unspecified atom stereocenters. The van der Waals surface area contributed by atoms with Gasteiger partial charge in [-0.15, -0.1) is 0 Å². The maximum absolute atomic E-state index is 12.9.